The van der Waals surface area contributed by atoms with Crippen molar-refractivity contribution < 1.29 is 13.6 Å². The molecule has 0 unspecified atom stereocenters. The highest BCUT2D eigenvalue weighted by molar-refractivity contribution is 7.99. The molecule has 1 saturated heterocycles. The fourth-order valence-electron chi connectivity index (χ4n) is 3.12. The third kappa shape index (κ3) is 4.80. The zero-order valence-electron chi connectivity index (χ0n) is 15.5. The SMILES string of the molecule is O=C(CSc1nnc(-c2ccc[nH]2)o1)N1CCN(Cc2c(F)cccc2Cl)CC1. The number of hydrogen-bond donors (Lipinski definition) is 1. The smallest absolute Gasteiger partial charge is 0.277 e. The average Bonchev–Trinajstić information content (AvgIpc) is 3.41. The van der Waals surface area contributed by atoms with Gasteiger partial charge in [-0.15, -0.1) is 10.2 Å². The molecule has 4 rings (SSSR count). The molecule has 0 aliphatic carbocycles. The second kappa shape index (κ2) is 8.98. The number of aromatic nitrogens is 3. The van der Waals surface area contributed by atoms with Crippen molar-refractivity contribution in [3.05, 3.63) is 52.9 Å². The van der Waals surface area contributed by atoms with Crippen LogP contribution in [0.5, 0.6) is 0 Å². The lowest BCUT2D eigenvalue weighted by atomic mass is 10.2. The Bertz CT molecular complexity index is 953. The summed E-state index contributed by atoms with van der Waals surface area (Å²) in [7, 11) is 0. The van der Waals surface area contributed by atoms with E-state index in [0.29, 0.717) is 54.4 Å². The number of H-pyrrole nitrogens is 1. The monoisotopic (exact) mass is 435 g/mol. The summed E-state index contributed by atoms with van der Waals surface area (Å²) in [6, 6.07) is 8.38. The summed E-state index contributed by atoms with van der Waals surface area (Å²) in [5, 5.41) is 8.72. The highest BCUT2D eigenvalue weighted by atomic mass is 35.5. The summed E-state index contributed by atoms with van der Waals surface area (Å²) in [5.74, 6) is 0.333. The van der Waals surface area contributed by atoms with Crippen molar-refractivity contribution in [1.82, 2.24) is 25.0 Å². The van der Waals surface area contributed by atoms with E-state index in [4.69, 9.17) is 16.0 Å². The molecular weight excluding hydrogens is 417 g/mol. The molecule has 10 heteroatoms. The molecule has 0 spiro atoms. The summed E-state index contributed by atoms with van der Waals surface area (Å²) >= 11 is 7.33. The third-order valence-electron chi connectivity index (χ3n) is 4.72. The standard InChI is InChI=1S/C19H19ClFN5O2S/c20-14-3-1-4-15(21)13(14)11-25-7-9-26(10-8-25)17(27)12-29-19-24-23-18(28-19)16-5-2-6-22-16/h1-6,22H,7-12H2. The molecular formula is C19H19ClFN5O2S. The average molecular weight is 436 g/mol. The van der Waals surface area contributed by atoms with E-state index in [1.54, 1.807) is 23.2 Å². The zero-order valence-corrected chi connectivity index (χ0v) is 17.0. The number of carbonyl (C=O) groups is 1. The minimum absolute atomic E-state index is 0.0122. The van der Waals surface area contributed by atoms with Crippen molar-refractivity contribution in [2.75, 3.05) is 31.9 Å². The number of thioether (sulfide) groups is 1. The number of halogens is 2. The Morgan fingerprint density at radius 3 is 2.76 bits per heavy atom. The molecule has 1 fully saturated rings. The van der Waals surface area contributed by atoms with E-state index in [0.717, 1.165) is 5.69 Å². The van der Waals surface area contributed by atoms with Gasteiger partial charge in [0.15, 0.2) is 0 Å². The molecule has 152 valence electrons. The number of piperazine rings is 1. The summed E-state index contributed by atoms with van der Waals surface area (Å²) in [4.78, 5) is 19.4. The molecule has 1 aliphatic rings. The molecule has 3 aromatic rings. The van der Waals surface area contributed by atoms with Crippen LogP contribution in [0.3, 0.4) is 0 Å². The van der Waals surface area contributed by atoms with Gasteiger partial charge in [-0.2, -0.15) is 0 Å². The maximum Gasteiger partial charge on any atom is 0.277 e. The predicted octanol–water partition coefficient (Wildman–Crippen LogP) is 3.29. The predicted molar refractivity (Wildman–Crippen MR) is 108 cm³/mol. The van der Waals surface area contributed by atoms with Gasteiger partial charge in [-0.1, -0.05) is 29.4 Å². The van der Waals surface area contributed by atoms with Gasteiger partial charge in [0.2, 0.25) is 5.91 Å². The van der Waals surface area contributed by atoms with Crippen LogP contribution in [0.25, 0.3) is 11.6 Å². The number of aromatic amines is 1. The van der Waals surface area contributed by atoms with Gasteiger partial charge in [0, 0.05) is 49.5 Å². The highest BCUT2D eigenvalue weighted by Gasteiger charge is 2.23. The van der Waals surface area contributed by atoms with Gasteiger partial charge in [0.25, 0.3) is 11.1 Å². The van der Waals surface area contributed by atoms with Gasteiger partial charge in [0.05, 0.1) is 5.75 Å². The lowest BCUT2D eigenvalue weighted by molar-refractivity contribution is -0.130. The van der Waals surface area contributed by atoms with Crippen LogP contribution >= 0.6 is 23.4 Å². The number of rotatable bonds is 6. The molecule has 0 radical (unpaired) electrons. The van der Waals surface area contributed by atoms with E-state index < -0.39 is 0 Å². The number of nitrogens with zero attached hydrogens (tertiary/aromatic N) is 4. The Hall–Kier alpha value is -2.36. The molecule has 0 bridgehead atoms. The minimum atomic E-state index is -0.300. The Morgan fingerprint density at radius 2 is 2.03 bits per heavy atom. The van der Waals surface area contributed by atoms with Gasteiger partial charge >= 0.3 is 0 Å². The van der Waals surface area contributed by atoms with Crippen molar-refractivity contribution >= 4 is 29.3 Å². The van der Waals surface area contributed by atoms with Crippen LogP contribution in [0, 0.1) is 5.82 Å². The maximum absolute atomic E-state index is 14.0. The summed E-state index contributed by atoms with van der Waals surface area (Å²) in [5.41, 5.74) is 1.24. The van der Waals surface area contributed by atoms with Crippen molar-refractivity contribution in [2.45, 2.75) is 11.8 Å². The van der Waals surface area contributed by atoms with Crippen LogP contribution in [-0.4, -0.2) is 62.8 Å². The number of carbonyl (C=O) groups excluding carboxylic acids is 1. The Balaban J connectivity index is 1.25. The van der Waals surface area contributed by atoms with E-state index in [-0.39, 0.29) is 17.5 Å². The molecule has 3 heterocycles. The zero-order chi connectivity index (χ0) is 20.2. The van der Waals surface area contributed by atoms with E-state index in [9.17, 15) is 9.18 Å². The maximum atomic E-state index is 14.0. The van der Waals surface area contributed by atoms with E-state index in [1.165, 1.54) is 17.8 Å². The first kappa shape index (κ1) is 19.9. The van der Waals surface area contributed by atoms with Crippen molar-refractivity contribution in [1.29, 1.82) is 0 Å². The van der Waals surface area contributed by atoms with Crippen LogP contribution in [0.15, 0.2) is 46.2 Å². The van der Waals surface area contributed by atoms with Crippen LogP contribution in [0.4, 0.5) is 4.39 Å². The molecule has 1 amide bonds. The highest BCUT2D eigenvalue weighted by Crippen LogP contribution is 2.23. The first-order valence-electron chi connectivity index (χ1n) is 9.13. The first-order valence-corrected chi connectivity index (χ1v) is 10.5. The number of benzene rings is 1. The quantitative estimate of drug-likeness (QED) is 0.598. The van der Waals surface area contributed by atoms with Crippen LogP contribution in [0.2, 0.25) is 5.02 Å². The molecule has 0 atom stereocenters. The van der Waals surface area contributed by atoms with E-state index >= 15 is 0 Å². The van der Waals surface area contributed by atoms with Crippen LogP contribution < -0.4 is 0 Å². The van der Waals surface area contributed by atoms with Gasteiger partial charge in [-0.3, -0.25) is 9.69 Å². The lowest BCUT2D eigenvalue weighted by Gasteiger charge is -2.34. The minimum Gasteiger partial charge on any atom is -0.410 e. The lowest BCUT2D eigenvalue weighted by Crippen LogP contribution is -2.48. The number of hydrogen-bond acceptors (Lipinski definition) is 6. The molecule has 0 saturated carbocycles. The molecule has 1 N–H and O–H groups in total. The summed E-state index contributed by atoms with van der Waals surface area (Å²) in [6.45, 7) is 2.94. The van der Waals surface area contributed by atoms with Gasteiger partial charge in [0.1, 0.15) is 11.5 Å². The molecule has 7 nitrogen and oxygen atoms in total. The van der Waals surface area contributed by atoms with E-state index in [2.05, 4.69) is 20.1 Å². The topological polar surface area (TPSA) is 78.3 Å². The second-order valence-corrected chi connectivity index (χ2v) is 7.94. The number of nitrogens with one attached hydrogen (secondary N) is 1. The Labute approximate surface area is 176 Å². The Morgan fingerprint density at radius 1 is 1.21 bits per heavy atom. The molecule has 2 aromatic heterocycles. The normalized spacial score (nSPS) is 15.0. The fourth-order valence-corrected chi connectivity index (χ4v) is 4.01. The largest absolute Gasteiger partial charge is 0.410 e. The van der Waals surface area contributed by atoms with E-state index in [1.807, 2.05) is 12.1 Å². The summed E-state index contributed by atoms with van der Waals surface area (Å²) < 4.78 is 19.5. The summed E-state index contributed by atoms with van der Waals surface area (Å²) in [6.07, 6.45) is 1.77. The second-order valence-electron chi connectivity index (χ2n) is 6.60. The van der Waals surface area contributed by atoms with Gasteiger partial charge < -0.3 is 14.3 Å². The van der Waals surface area contributed by atoms with Crippen molar-refractivity contribution in [2.24, 2.45) is 0 Å². The van der Waals surface area contributed by atoms with Crippen molar-refractivity contribution in [3.8, 4) is 11.6 Å². The van der Waals surface area contributed by atoms with Crippen LogP contribution in [0.1, 0.15) is 5.56 Å². The van der Waals surface area contributed by atoms with Crippen LogP contribution in [-0.2, 0) is 11.3 Å². The Kier molecular flexibility index (Phi) is 6.17. The fraction of sp³-hybridized carbons (Fsp3) is 0.316. The van der Waals surface area contributed by atoms with Gasteiger partial charge in [-0.25, -0.2) is 4.39 Å². The van der Waals surface area contributed by atoms with Crippen molar-refractivity contribution in [3.63, 3.8) is 0 Å². The third-order valence-corrected chi connectivity index (χ3v) is 5.88. The molecule has 29 heavy (non-hydrogen) atoms. The molecule has 1 aromatic carbocycles. The molecule has 1 aliphatic heterocycles. The number of amides is 1. The first-order chi connectivity index (χ1) is 14.1. The van der Waals surface area contributed by atoms with Gasteiger partial charge in [-0.05, 0) is 24.3 Å².